The van der Waals surface area contributed by atoms with Gasteiger partial charge < -0.3 is 0 Å². The van der Waals surface area contributed by atoms with Crippen molar-refractivity contribution in [1.82, 2.24) is 9.78 Å². The van der Waals surface area contributed by atoms with Crippen molar-refractivity contribution in [3.8, 4) is 28.1 Å². The number of sulfonamides is 1. The predicted octanol–water partition coefficient (Wildman–Crippen LogP) is 6.83. The van der Waals surface area contributed by atoms with E-state index in [2.05, 4.69) is 5.10 Å². The van der Waals surface area contributed by atoms with Gasteiger partial charge in [-0.05, 0) is 48.0 Å². The lowest BCUT2D eigenvalue weighted by Crippen LogP contribution is -2.12. The Labute approximate surface area is 207 Å². The number of halogens is 6. The zero-order valence-electron chi connectivity index (χ0n) is 16.8. The summed E-state index contributed by atoms with van der Waals surface area (Å²) in [7, 11) is -3.96. The highest BCUT2D eigenvalue weighted by molar-refractivity contribution is 7.89. The highest BCUT2D eigenvalue weighted by atomic mass is 35.5. The van der Waals surface area contributed by atoms with Crippen LogP contribution in [0, 0.1) is 0 Å². The smallest absolute Gasteiger partial charge is 0.233 e. The molecule has 12 heteroatoms. The number of hydrogen-bond donors (Lipinski definition) is 1. The molecule has 0 aliphatic carbocycles. The van der Waals surface area contributed by atoms with E-state index in [-0.39, 0.29) is 16.3 Å². The second-order valence-electron chi connectivity index (χ2n) is 7.19. The molecule has 0 aliphatic heterocycles. The fraction of sp³-hybridized carbons (Fsp3) is 0.0455. The summed E-state index contributed by atoms with van der Waals surface area (Å²) in [6.07, 6.45) is -4.69. The summed E-state index contributed by atoms with van der Waals surface area (Å²) < 4.78 is 64.3. The van der Waals surface area contributed by atoms with Crippen LogP contribution in [0.15, 0.2) is 71.6 Å². The van der Waals surface area contributed by atoms with Gasteiger partial charge >= 0.3 is 6.18 Å². The molecule has 1 heterocycles. The Bertz CT molecular complexity index is 1490. The van der Waals surface area contributed by atoms with Gasteiger partial charge in [0.2, 0.25) is 10.0 Å². The number of alkyl halides is 3. The zero-order chi connectivity index (χ0) is 24.8. The molecular formula is C22H13Cl3F3N3O2S. The first kappa shape index (κ1) is 24.6. The lowest BCUT2D eigenvalue weighted by Gasteiger charge is -2.10. The number of primary sulfonamides is 1. The van der Waals surface area contributed by atoms with Crippen LogP contribution >= 0.6 is 34.8 Å². The maximum absolute atomic E-state index is 13.4. The molecule has 2 N–H and O–H groups in total. The molecule has 34 heavy (non-hydrogen) atoms. The van der Waals surface area contributed by atoms with Crippen LogP contribution in [0.1, 0.15) is 5.69 Å². The van der Waals surface area contributed by atoms with Crippen molar-refractivity contribution >= 4 is 44.8 Å². The Kier molecular flexibility index (Phi) is 6.43. The molecule has 4 rings (SSSR count). The Balaban J connectivity index is 1.80. The van der Waals surface area contributed by atoms with Gasteiger partial charge in [-0.15, -0.1) is 0 Å². The fourth-order valence-corrected chi connectivity index (χ4v) is 4.43. The van der Waals surface area contributed by atoms with Crippen molar-refractivity contribution in [2.75, 3.05) is 0 Å². The Hall–Kier alpha value is -2.56. The third-order valence-electron chi connectivity index (χ3n) is 4.91. The van der Waals surface area contributed by atoms with Gasteiger partial charge in [-0.1, -0.05) is 59.1 Å². The molecule has 0 spiro atoms. The lowest BCUT2D eigenvalue weighted by molar-refractivity contribution is -0.141. The Morgan fingerprint density at radius 2 is 1.35 bits per heavy atom. The average molecular weight is 547 g/mol. The van der Waals surface area contributed by atoms with Crippen LogP contribution in [0.25, 0.3) is 28.1 Å². The van der Waals surface area contributed by atoms with Gasteiger partial charge in [0, 0.05) is 16.1 Å². The first-order valence-corrected chi connectivity index (χ1v) is 12.1. The summed E-state index contributed by atoms with van der Waals surface area (Å²) in [5, 5.41) is 9.75. The van der Waals surface area contributed by atoms with Gasteiger partial charge in [-0.25, -0.2) is 18.2 Å². The molecule has 0 unspecified atom stereocenters. The second-order valence-corrected chi connectivity index (χ2v) is 9.97. The van der Waals surface area contributed by atoms with Crippen molar-refractivity contribution < 1.29 is 21.6 Å². The minimum atomic E-state index is -4.69. The van der Waals surface area contributed by atoms with Crippen LogP contribution in [-0.2, 0) is 16.2 Å². The predicted molar refractivity (Wildman–Crippen MR) is 126 cm³/mol. The Morgan fingerprint density at radius 1 is 0.794 bits per heavy atom. The van der Waals surface area contributed by atoms with Crippen molar-refractivity contribution in [2.24, 2.45) is 5.14 Å². The molecule has 176 valence electrons. The standard InChI is InChI=1S/C22H13Cl3F3N3O2S/c23-17-10-19(25)18(24)9-16(17)12-1-3-13(4-2-12)20-11-21(22(26,27)28)30-31(20)14-5-7-15(8-6-14)34(29,32)33/h1-11H,(H2,29,32,33). The fourth-order valence-electron chi connectivity index (χ4n) is 3.26. The number of aromatic nitrogens is 2. The number of rotatable bonds is 4. The van der Waals surface area contributed by atoms with E-state index in [0.717, 1.165) is 10.7 Å². The molecule has 0 bridgehead atoms. The second kappa shape index (κ2) is 8.90. The molecule has 5 nitrogen and oxygen atoms in total. The summed E-state index contributed by atoms with van der Waals surface area (Å²) in [6, 6.07) is 15.6. The summed E-state index contributed by atoms with van der Waals surface area (Å²) in [5.41, 5.74) is 0.961. The topological polar surface area (TPSA) is 78.0 Å². The summed E-state index contributed by atoms with van der Waals surface area (Å²) in [4.78, 5) is -0.177. The molecule has 0 saturated carbocycles. The maximum atomic E-state index is 13.4. The largest absolute Gasteiger partial charge is 0.435 e. The average Bonchev–Trinajstić information content (AvgIpc) is 3.22. The van der Waals surface area contributed by atoms with Crippen LogP contribution < -0.4 is 5.14 Å². The van der Waals surface area contributed by atoms with Crippen molar-refractivity contribution in [1.29, 1.82) is 0 Å². The van der Waals surface area contributed by atoms with Crippen molar-refractivity contribution in [3.63, 3.8) is 0 Å². The van der Waals surface area contributed by atoms with Crippen LogP contribution in [0.4, 0.5) is 13.2 Å². The van der Waals surface area contributed by atoms with E-state index in [9.17, 15) is 21.6 Å². The molecule has 0 aliphatic rings. The van der Waals surface area contributed by atoms with Crippen molar-refractivity contribution in [2.45, 2.75) is 11.1 Å². The first-order valence-electron chi connectivity index (χ1n) is 9.40. The first-order chi connectivity index (χ1) is 15.8. The Morgan fingerprint density at radius 3 is 1.91 bits per heavy atom. The maximum Gasteiger partial charge on any atom is 0.435 e. The normalized spacial score (nSPS) is 12.2. The molecule has 0 saturated heterocycles. The molecule has 0 atom stereocenters. The molecular weight excluding hydrogens is 534 g/mol. The van der Waals surface area contributed by atoms with Gasteiger partial charge in [-0.3, -0.25) is 0 Å². The van der Waals surface area contributed by atoms with Crippen LogP contribution in [0.2, 0.25) is 15.1 Å². The third kappa shape index (κ3) is 4.94. The molecule has 0 fully saturated rings. The molecule has 0 amide bonds. The monoisotopic (exact) mass is 545 g/mol. The van der Waals surface area contributed by atoms with Gasteiger partial charge in [0.1, 0.15) is 0 Å². The van der Waals surface area contributed by atoms with Gasteiger partial charge in [0.05, 0.1) is 26.3 Å². The third-order valence-corrected chi connectivity index (χ3v) is 6.88. The molecule has 4 aromatic rings. The SMILES string of the molecule is NS(=O)(=O)c1ccc(-n2nc(C(F)(F)F)cc2-c2ccc(-c3cc(Cl)c(Cl)cc3Cl)cc2)cc1. The van der Waals surface area contributed by atoms with Crippen LogP contribution in [0.3, 0.4) is 0 Å². The van der Waals surface area contributed by atoms with E-state index in [1.807, 2.05) is 0 Å². The molecule has 0 radical (unpaired) electrons. The summed E-state index contributed by atoms with van der Waals surface area (Å²) >= 11 is 18.3. The summed E-state index contributed by atoms with van der Waals surface area (Å²) in [6.45, 7) is 0. The van der Waals surface area contributed by atoms with Gasteiger partial charge in [0.25, 0.3) is 0 Å². The van der Waals surface area contributed by atoms with Crippen molar-refractivity contribution in [3.05, 3.63) is 87.5 Å². The number of nitrogens with two attached hydrogens (primary N) is 1. The van der Waals surface area contributed by atoms with Crippen LogP contribution in [-0.4, -0.2) is 18.2 Å². The minimum Gasteiger partial charge on any atom is -0.233 e. The highest BCUT2D eigenvalue weighted by Gasteiger charge is 2.35. The zero-order valence-corrected chi connectivity index (χ0v) is 19.9. The number of hydrogen-bond acceptors (Lipinski definition) is 3. The van der Waals surface area contributed by atoms with E-state index >= 15 is 0 Å². The lowest BCUT2D eigenvalue weighted by atomic mass is 10.0. The van der Waals surface area contributed by atoms with E-state index < -0.39 is 21.9 Å². The van der Waals surface area contributed by atoms with E-state index in [1.54, 1.807) is 30.3 Å². The number of nitrogens with zero attached hydrogens (tertiary/aromatic N) is 2. The van der Waals surface area contributed by atoms with E-state index in [0.29, 0.717) is 31.8 Å². The van der Waals surface area contributed by atoms with Crippen LogP contribution in [0.5, 0.6) is 0 Å². The van der Waals surface area contributed by atoms with Gasteiger partial charge in [-0.2, -0.15) is 18.3 Å². The minimum absolute atomic E-state index is 0.141. The summed E-state index contributed by atoms with van der Waals surface area (Å²) in [5.74, 6) is 0. The number of benzene rings is 3. The van der Waals surface area contributed by atoms with E-state index in [4.69, 9.17) is 39.9 Å². The quantitative estimate of drug-likeness (QED) is 0.285. The van der Waals surface area contributed by atoms with Gasteiger partial charge in [0.15, 0.2) is 5.69 Å². The molecule has 1 aromatic heterocycles. The van der Waals surface area contributed by atoms with E-state index in [1.165, 1.54) is 30.3 Å². The highest BCUT2D eigenvalue weighted by Crippen LogP contribution is 2.37. The molecule has 3 aromatic carbocycles.